The van der Waals surface area contributed by atoms with Gasteiger partial charge in [0.15, 0.2) is 0 Å². The lowest BCUT2D eigenvalue weighted by Gasteiger charge is -2.39. The summed E-state index contributed by atoms with van der Waals surface area (Å²) in [5, 5.41) is 1.22. The van der Waals surface area contributed by atoms with Gasteiger partial charge in [-0.3, -0.25) is 9.78 Å². The van der Waals surface area contributed by atoms with Crippen molar-refractivity contribution in [2.75, 3.05) is 6.61 Å². The third-order valence-corrected chi connectivity index (χ3v) is 5.60. The molecule has 0 radical (unpaired) electrons. The molecule has 2 aromatic heterocycles. The van der Waals surface area contributed by atoms with E-state index in [0.717, 1.165) is 36.1 Å². The van der Waals surface area contributed by atoms with Crippen LogP contribution in [0.2, 0.25) is 0 Å². The van der Waals surface area contributed by atoms with Crippen LogP contribution in [0.3, 0.4) is 0 Å². The van der Waals surface area contributed by atoms with Crippen LogP contribution in [0.1, 0.15) is 31.7 Å². The van der Waals surface area contributed by atoms with E-state index in [-0.39, 0.29) is 11.4 Å². The maximum absolute atomic E-state index is 12.4. The molecule has 0 atom stereocenters. The average molecular weight is 348 g/mol. The summed E-state index contributed by atoms with van der Waals surface area (Å²) in [4.78, 5) is 16.9. The fourth-order valence-electron chi connectivity index (χ4n) is 4.02. The second-order valence-corrected chi connectivity index (χ2v) is 7.26. The van der Waals surface area contributed by atoms with E-state index >= 15 is 0 Å². The van der Waals surface area contributed by atoms with Crippen LogP contribution in [-0.4, -0.2) is 22.1 Å². The molecule has 1 aliphatic carbocycles. The molecule has 0 spiro atoms. The predicted octanol–water partition coefficient (Wildman–Crippen LogP) is 4.52. The van der Waals surface area contributed by atoms with Crippen molar-refractivity contribution in [1.82, 2.24) is 9.55 Å². The van der Waals surface area contributed by atoms with E-state index in [1.54, 1.807) is 0 Å². The highest BCUT2D eigenvalue weighted by molar-refractivity contribution is 5.87. The van der Waals surface area contributed by atoms with E-state index < -0.39 is 0 Å². The van der Waals surface area contributed by atoms with Crippen molar-refractivity contribution in [3.8, 4) is 11.3 Å². The van der Waals surface area contributed by atoms with Gasteiger partial charge in [-0.05, 0) is 49.9 Å². The zero-order valence-corrected chi connectivity index (χ0v) is 15.4. The minimum atomic E-state index is -0.352. The summed E-state index contributed by atoms with van der Waals surface area (Å²) in [6.45, 7) is 2.31. The molecule has 1 aromatic carbocycles. The van der Waals surface area contributed by atoms with Crippen molar-refractivity contribution in [2.45, 2.75) is 32.6 Å². The lowest BCUT2D eigenvalue weighted by Crippen LogP contribution is -2.41. The number of carbonyl (C=O) groups excluding carboxylic acids is 1. The number of para-hydroxylation sites is 1. The Morgan fingerprint density at radius 3 is 2.73 bits per heavy atom. The summed E-state index contributed by atoms with van der Waals surface area (Å²) < 4.78 is 7.53. The summed E-state index contributed by atoms with van der Waals surface area (Å²) in [6, 6.07) is 12.7. The number of carbonyl (C=O) groups is 1. The van der Waals surface area contributed by atoms with E-state index in [0.29, 0.717) is 13.0 Å². The summed E-state index contributed by atoms with van der Waals surface area (Å²) in [6.07, 6.45) is 7.39. The lowest BCUT2D eigenvalue weighted by atomic mass is 9.65. The van der Waals surface area contributed by atoms with Crippen LogP contribution in [0.25, 0.3) is 22.2 Å². The van der Waals surface area contributed by atoms with Gasteiger partial charge in [0.25, 0.3) is 0 Å². The largest absolute Gasteiger partial charge is 0.466 e. The molecule has 2 heterocycles. The molecule has 1 fully saturated rings. The summed E-state index contributed by atoms with van der Waals surface area (Å²) in [7, 11) is 2.08. The number of aryl methyl sites for hydroxylation is 1. The van der Waals surface area contributed by atoms with E-state index in [1.165, 1.54) is 10.9 Å². The van der Waals surface area contributed by atoms with Crippen molar-refractivity contribution in [3.63, 3.8) is 0 Å². The fourth-order valence-corrected chi connectivity index (χ4v) is 4.02. The highest BCUT2D eigenvalue weighted by atomic mass is 16.5. The van der Waals surface area contributed by atoms with Crippen molar-refractivity contribution in [3.05, 3.63) is 54.4 Å². The number of hydrogen-bond donors (Lipinski definition) is 0. The molecule has 134 valence electrons. The maximum atomic E-state index is 12.4. The van der Waals surface area contributed by atoms with Crippen molar-refractivity contribution in [1.29, 1.82) is 0 Å². The van der Waals surface area contributed by atoms with Crippen LogP contribution >= 0.6 is 0 Å². The first-order valence-electron chi connectivity index (χ1n) is 9.29. The summed E-state index contributed by atoms with van der Waals surface area (Å²) >= 11 is 0. The van der Waals surface area contributed by atoms with Crippen LogP contribution in [0.4, 0.5) is 0 Å². The molecule has 0 aliphatic heterocycles. The number of hydrogen-bond acceptors (Lipinski definition) is 3. The number of benzene rings is 1. The number of ether oxygens (including phenoxy) is 1. The van der Waals surface area contributed by atoms with Gasteiger partial charge in [0.05, 0.1) is 17.7 Å². The molecule has 1 aliphatic rings. The smallest absolute Gasteiger partial charge is 0.312 e. The molecule has 3 aromatic rings. The number of rotatable bonds is 5. The molecule has 4 nitrogen and oxygen atoms in total. The SMILES string of the molecule is CCOC(=O)C1(Cc2cncc(-c3cc4ccccc4n3C)c2)CCC1. The Morgan fingerprint density at radius 1 is 1.23 bits per heavy atom. The Kier molecular flexibility index (Phi) is 4.27. The van der Waals surface area contributed by atoms with Gasteiger partial charge in [0.1, 0.15) is 0 Å². The van der Waals surface area contributed by atoms with Crippen LogP contribution in [0, 0.1) is 5.41 Å². The van der Waals surface area contributed by atoms with Crippen molar-refractivity contribution >= 4 is 16.9 Å². The van der Waals surface area contributed by atoms with Gasteiger partial charge in [-0.1, -0.05) is 24.6 Å². The maximum Gasteiger partial charge on any atom is 0.312 e. The molecule has 4 rings (SSSR count). The Hall–Kier alpha value is -2.62. The zero-order valence-electron chi connectivity index (χ0n) is 15.4. The monoisotopic (exact) mass is 348 g/mol. The molecule has 0 unspecified atom stereocenters. The van der Waals surface area contributed by atoms with Gasteiger partial charge in [-0.2, -0.15) is 0 Å². The minimum Gasteiger partial charge on any atom is -0.466 e. The van der Waals surface area contributed by atoms with Gasteiger partial charge in [0.2, 0.25) is 0 Å². The van der Waals surface area contributed by atoms with Gasteiger partial charge in [0, 0.05) is 35.9 Å². The van der Waals surface area contributed by atoms with Gasteiger partial charge in [-0.25, -0.2) is 0 Å². The van der Waals surface area contributed by atoms with Crippen LogP contribution < -0.4 is 0 Å². The lowest BCUT2D eigenvalue weighted by molar-refractivity contribution is -0.161. The van der Waals surface area contributed by atoms with E-state index in [9.17, 15) is 4.79 Å². The first-order valence-corrected chi connectivity index (χ1v) is 9.29. The number of esters is 1. The highest BCUT2D eigenvalue weighted by Gasteiger charge is 2.45. The Bertz CT molecular complexity index is 954. The van der Waals surface area contributed by atoms with Crippen molar-refractivity contribution < 1.29 is 9.53 Å². The van der Waals surface area contributed by atoms with Crippen molar-refractivity contribution in [2.24, 2.45) is 12.5 Å². The normalized spacial score (nSPS) is 15.6. The zero-order chi connectivity index (χ0) is 18.1. The molecule has 0 N–H and O–H groups in total. The predicted molar refractivity (Wildman–Crippen MR) is 103 cm³/mol. The Balaban J connectivity index is 1.66. The van der Waals surface area contributed by atoms with Gasteiger partial charge >= 0.3 is 5.97 Å². The van der Waals surface area contributed by atoms with E-state index in [1.807, 2.05) is 19.3 Å². The van der Waals surface area contributed by atoms with Crippen LogP contribution in [-0.2, 0) is 23.0 Å². The number of fused-ring (bicyclic) bond motifs is 1. The molecular formula is C22H24N2O2. The minimum absolute atomic E-state index is 0.0544. The molecule has 0 bridgehead atoms. The molecule has 0 saturated heterocycles. The quantitative estimate of drug-likeness (QED) is 0.637. The fraction of sp³-hybridized carbons (Fsp3) is 0.364. The Labute approximate surface area is 153 Å². The first-order chi connectivity index (χ1) is 12.6. The van der Waals surface area contributed by atoms with E-state index in [2.05, 4.69) is 53.0 Å². The highest BCUT2D eigenvalue weighted by Crippen LogP contribution is 2.45. The van der Waals surface area contributed by atoms with Gasteiger partial charge in [-0.15, -0.1) is 0 Å². The average Bonchev–Trinajstić information content (AvgIpc) is 2.96. The Morgan fingerprint density at radius 2 is 2.04 bits per heavy atom. The summed E-state index contributed by atoms with van der Waals surface area (Å²) in [5.41, 5.74) is 4.17. The molecule has 26 heavy (non-hydrogen) atoms. The number of aromatic nitrogens is 2. The third-order valence-electron chi connectivity index (χ3n) is 5.60. The topological polar surface area (TPSA) is 44.1 Å². The third kappa shape index (κ3) is 2.79. The second kappa shape index (κ2) is 6.60. The standard InChI is InChI=1S/C22H24N2O2/c1-3-26-21(25)22(9-6-10-22)13-16-11-18(15-23-14-16)20-12-17-7-4-5-8-19(17)24(20)2/h4-5,7-8,11-12,14-15H,3,6,9-10,13H2,1-2H3. The second-order valence-electron chi connectivity index (χ2n) is 7.26. The van der Waals surface area contributed by atoms with Crippen LogP contribution in [0.15, 0.2) is 48.8 Å². The molecule has 0 amide bonds. The number of pyridine rings is 1. The molecular weight excluding hydrogens is 324 g/mol. The van der Waals surface area contributed by atoms with Gasteiger partial charge < -0.3 is 9.30 Å². The first kappa shape index (κ1) is 16.8. The van der Waals surface area contributed by atoms with E-state index in [4.69, 9.17) is 4.74 Å². The number of nitrogens with zero attached hydrogens (tertiary/aromatic N) is 2. The molecule has 4 heteroatoms. The molecule has 1 saturated carbocycles. The summed E-state index contributed by atoms with van der Waals surface area (Å²) in [5.74, 6) is -0.0544. The van der Waals surface area contributed by atoms with Crippen LogP contribution in [0.5, 0.6) is 0 Å².